The number of urea groups is 1. The third kappa shape index (κ3) is 1.93. The summed E-state index contributed by atoms with van der Waals surface area (Å²) in [5.74, 6) is 1.52. The van der Waals surface area contributed by atoms with Crippen molar-refractivity contribution in [2.75, 3.05) is 0 Å². The average molecular weight is 276 g/mol. The zero-order chi connectivity index (χ0) is 14.4. The van der Waals surface area contributed by atoms with Crippen LogP contribution in [0.2, 0.25) is 0 Å². The van der Waals surface area contributed by atoms with Crippen LogP contribution in [0.4, 0.5) is 4.79 Å². The van der Waals surface area contributed by atoms with E-state index in [1.54, 1.807) is 6.26 Å². The molecule has 20 heavy (non-hydrogen) atoms. The second-order valence-corrected chi connectivity index (χ2v) is 7.07. The molecule has 2 aliphatic carbocycles. The van der Waals surface area contributed by atoms with Crippen molar-refractivity contribution < 1.29 is 9.21 Å². The number of carbonyl (C=O) groups excluding carboxylic acids is 1. The van der Waals surface area contributed by atoms with Crippen LogP contribution >= 0.6 is 0 Å². The van der Waals surface area contributed by atoms with Crippen LogP contribution in [0.15, 0.2) is 22.8 Å². The van der Waals surface area contributed by atoms with Gasteiger partial charge in [0.2, 0.25) is 0 Å². The number of furan rings is 1. The molecule has 2 fully saturated rings. The van der Waals surface area contributed by atoms with E-state index in [0.29, 0.717) is 12.0 Å². The lowest BCUT2D eigenvalue weighted by atomic mass is 9.69. The van der Waals surface area contributed by atoms with E-state index in [-0.39, 0.29) is 17.5 Å². The monoisotopic (exact) mass is 276 g/mol. The first-order valence-electron chi connectivity index (χ1n) is 7.50. The fourth-order valence-corrected chi connectivity index (χ4v) is 4.21. The second kappa shape index (κ2) is 4.54. The SMILES string of the molecule is CC1(C)[C@@H]2CC[C@]1(C)[C@@H](NC(=O)NCc1ccco1)C2. The number of nitrogens with one attached hydrogen (secondary N) is 2. The summed E-state index contributed by atoms with van der Waals surface area (Å²) in [7, 11) is 0. The molecule has 0 saturated heterocycles. The molecule has 2 N–H and O–H groups in total. The predicted octanol–water partition coefficient (Wildman–Crippen LogP) is 3.29. The van der Waals surface area contributed by atoms with Crippen molar-refractivity contribution in [1.29, 1.82) is 0 Å². The molecule has 3 rings (SSSR count). The molecule has 4 nitrogen and oxygen atoms in total. The van der Waals surface area contributed by atoms with Crippen molar-refractivity contribution in [2.45, 2.75) is 52.6 Å². The van der Waals surface area contributed by atoms with Gasteiger partial charge in [-0.25, -0.2) is 4.79 Å². The molecule has 110 valence electrons. The van der Waals surface area contributed by atoms with Crippen LogP contribution in [0.25, 0.3) is 0 Å². The highest BCUT2D eigenvalue weighted by Crippen LogP contribution is 2.65. The largest absolute Gasteiger partial charge is 0.467 e. The Morgan fingerprint density at radius 3 is 2.80 bits per heavy atom. The Morgan fingerprint density at radius 2 is 2.25 bits per heavy atom. The molecule has 3 atom stereocenters. The fraction of sp³-hybridized carbons (Fsp3) is 0.688. The standard InChI is InChI=1S/C16H24N2O2/c1-15(2)11-6-7-16(15,3)13(9-11)18-14(19)17-10-12-5-4-8-20-12/h4-5,8,11,13H,6-7,9-10H2,1-3H3,(H2,17,18,19)/t11-,13+,16-/m1/s1. The van der Waals surface area contributed by atoms with Crippen molar-refractivity contribution in [3.05, 3.63) is 24.2 Å². The summed E-state index contributed by atoms with van der Waals surface area (Å²) >= 11 is 0. The smallest absolute Gasteiger partial charge is 0.315 e. The average Bonchev–Trinajstić information content (AvgIpc) is 3.02. The number of carbonyl (C=O) groups is 1. The van der Waals surface area contributed by atoms with Crippen LogP contribution in [0.1, 0.15) is 45.8 Å². The highest BCUT2D eigenvalue weighted by molar-refractivity contribution is 5.74. The van der Waals surface area contributed by atoms with Gasteiger partial charge in [0.25, 0.3) is 0 Å². The van der Waals surface area contributed by atoms with E-state index in [1.807, 2.05) is 12.1 Å². The number of rotatable bonds is 3. The fourth-order valence-electron chi connectivity index (χ4n) is 4.21. The molecule has 0 spiro atoms. The summed E-state index contributed by atoms with van der Waals surface area (Å²) in [6.07, 6.45) is 5.25. The zero-order valence-corrected chi connectivity index (χ0v) is 12.5. The highest BCUT2D eigenvalue weighted by Gasteiger charge is 2.61. The molecule has 2 aliphatic rings. The van der Waals surface area contributed by atoms with Crippen LogP contribution in [0.5, 0.6) is 0 Å². The third-order valence-corrected chi connectivity index (χ3v) is 6.10. The van der Waals surface area contributed by atoms with Gasteiger partial charge in [-0.2, -0.15) is 0 Å². The molecule has 0 aromatic carbocycles. The predicted molar refractivity (Wildman–Crippen MR) is 77.1 cm³/mol. The molecule has 0 radical (unpaired) electrons. The topological polar surface area (TPSA) is 54.3 Å². The Bertz CT molecular complexity index is 495. The quantitative estimate of drug-likeness (QED) is 0.890. The van der Waals surface area contributed by atoms with Gasteiger partial charge in [-0.05, 0) is 48.1 Å². The lowest BCUT2D eigenvalue weighted by Gasteiger charge is -2.39. The molecule has 2 bridgehead atoms. The number of hydrogen-bond donors (Lipinski definition) is 2. The van der Waals surface area contributed by atoms with Crippen LogP contribution < -0.4 is 10.6 Å². The molecule has 2 amide bonds. The van der Waals surface area contributed by atoms with E-state index >= 15 is 0 Å². The van der Waals surface area contributed by atoms with Crippen molar-refractivity contribution in [3.63, 3.8) is 0 Å². The molecule has 0 aliphatic heterocycles. The van der Waals surface area contributed by atoms with Gasteiger partial charge in [0.05, 0.1) is 12.8 Å². The number of amides is 2. The normalized spacial score (nSPS) is 34.1. The molecule has 2 saturated carbocycles. The maximum atomic E-state index is 12.1. The maximum absolute atomic E-state index is 12.1. The van der Waals surface area contributed by atoms with Crippen LogP contribution in [-0.4, -0.2) is 12.1 Å². The first-order valence-corrected chi connectivity index (χ1v) is 7.50. The summed E-state index contributed by atoms with van der Waals surface area (Å²) in [5.41, 5.74) is 0.547. The molecular formula is C16H24N2O2. The summed E-state index contributed by atoms with van der Waals surface area (Å²) in [6.45, 7) is 7.48. The van der Waals surface area contributed by atoms with Gasteiger partial charge in [-0.1, -0.05) is 20.8 Å². The summed E-state index contributed by atoms with van der Waals surface area (Å²) < 4.78 is 5.21. The molecular weight excluding hydrogens is 252 g/mol. The Hall–Kier alpha value is -1.45. The van der Waals surface area contributed by atoms with Gasteiger partial charge >= 0.3 is 6.03 Å². The molecule has 0 unspecified atom stereocenters. The summed E-state index contributed by atoms with van der Waals surface area (Å²) in [6, 6.07) is 3.89. The van der Waals surface area contributed by atoms with Gasteiger partial charge < -0.3 is 15.1 Å². The minimum absolute atomic E-state index is 0.0871. The minimum Gasteiger partial charge on any atom is -0.467 e. The van der Waals surface area contributed by atoms with Crippen molar-refractivity contribution in [3.8, 4) is 0 Å². The lowest BCUT2D eigenvalue weighted by molar-refractivity contribution is 0.123. The van der Waals surface area contributed by atoms with Crippen molar-refractivity contribution in [2.24, 2.45) is 16.7 Å². The summed E-state index contributed by atoms with van der Waals surface area (Å²) in [5, 5.41) is 6.05. The highest BCUT2D eigenvalue weighted by atomic mass is 16.3. The van der Waals surface area contributed by atoms with E-state index in [0.717, 1.165) is 18.1 Å². The molecule has 1 heterocycles. The zero-order valence-electron chi connectivity index (χ0n) is 12.5. The van der Waals surface area contributed by atoms with Gasteiger partial charge in [-0.15, -0.1) is 0 Å². The van der Waals surface area contributed by atoms with E-state index < -0.39 is 0 Å². The first-order chi connectivity index (χ1) is 9.43. The van der Waals surface area contributed by atoms with Gasteiger partial charge in [0.1, 0.15) is 5.76 Å². The Kier molecular flexibility index (Phi) is 3.07. The van der Waals surface area contributed by atoms with Crippen LogP contribution in [0.3, 0.4) is 0 Å². The third-order valence-electron chi connectivity index (χ3n) is 6.10. The summed E-state index contributed by atoms with van der Waals surface area (Å²) in [4.78, 5) is 12.1. The van der Waals surface area contributed by atoms with Gasteiger partial charge in [0.15, 0.2) is 0 Å². The molecule has 4 heteroatoms. The maximum Gasteiger partial charge on any atom is 0.315 e. The van der Waals surface area contributed by atoms with E-state index in [4.69, 9.17) is 4.42 Å². The number of fused-ring (bicyclic) bond motifs is 2. The Morgan fingerprint density at radius 1 is 1.45 bits per heavy atom. The second-order valence-electron chi connectivity index (χ2n) is 7.07. The first kappa shape index (κ1) is 13.5. The van der Waals surface area contributed by atoms with Crippen molar-refractivity contribution >= 4 is 6.03 Å². The van der Waals surface area contributed by atoms with Crippen LogP contribution in [-0.2, 0) is 6.54 Å². The van der Waals surface area contributed by atoms with Gasteiger partial charge in [0, 0.05) is 6.04 Å². The molecule has 1 aromatic heterocycles. The van der Waals surface area contributed by atoms with Crippen molar-refractivity contribution in [1.82, 2.24) is 10.6 Å². The molecule has 1 aromatic rings. The lowest BCUT2D eigenvalue weighted by Crippen LogP contribution is -2.49. The van der Waals surface area contributed by atoms with Crippen LogP contribution in [0, 0.1) is 16.7 Å². The van der Waals surface area contributed by atoms with Gasteiger partial charge in [-0.3, -0.25) is 0 Å². The van der Waals surface area contributed by atoms with E-state index in [9.17, 15) is 4.79 Å². The Balaban J connectivity index is 1.58. The number of hydrogen-bond acceptors (Lipinski definition) is 2. The Labute approximate surface area is 120 Å². The van der Waals surface area contributed by atoms with E-state index in [2.05, 4.69) is 31.4 Å². The minimum atomic E-state index is -0.0871. The van der Waals surface area contributed by atoms with E-state index in [1.165, 1.54) is 12.8 Å².